The monoisotopic (exact) mass is 258 g/mol. The summed E-state index contributed by atoms with van der Waals surface area (Å²) >= 11 is 0. The van der Waals surface area contributed by atoms with Crippen LogP contribution in [0.25, 0.3) is 0 Å². The summed E-state index contributed by atoms with van der Waals surface area (Å²) in [6.07, 6.45) is 1.50. The van der Waals surface area contributed by atoms with Crippen LogP contribution in [-0.2, 0) is 9.53 Å². The van der Waals surface area contributed by atoms with Crippen molar-refractivity contribution in [3.8, 4) is 0 Å². The summed E-state index contributed by atoms with van der Waals surface area (Å²) in [5.41, 5.74) is 5.83. The van der Waals surface area contributed by atoms with Crippen molar-refractivity contribution in [2.24, 2.45) is 23.5 Å². The quantitative estimate of drug-likeness (QED) is 0.620. The zero-order valence-electron chi connectivity index (χ0n) is 12.5. The molecule has 0 aromatic carbocycles. The molecule has 0 saturated heterocycles. The van der Waals surface area contributed by atoms with E-state index >= 15 is 0 Å². The molecule has 108 valence electrons. The number of nitrogens with one attached hydrogen (secondary N) is 1. The highest BCUT2D eigenvalue weighted by Gasteiger charge is 2.20. The van der Waals surface area contributed by atoms with Crippen molar-refractivity contribution in [2.75, 3.05) is 20.3 Å². The smallest absolute Gasteiger partial charge is 0.236 e. The second kappa shape index (κ2) is 9.34. The van der Waals surface area contributed by atoms with Crippen LogP contribution in [0.4, 0.5) is 0 Å². The summed E-state index contributed by atoms with van der Waals surface area (Å²) in [7, 11) is 1.65. The van der Waals surface area contributed by atoms with Gasteiger partial charge in [0.25, 0.3) is 0 Å². The molecule has 18 heavy (non-hydrogen) atoms. The van der Waals surface area contributed by atoms with Crippen LogP contribution >= 0.6 is 0 Å². The summed E-state index contributed by atoms with van der Waals surface area (Å²) in [6, 6.07) is -0.417. The summed E-state index contributed by atoms with van der Waals surface area (Å²) in [5, 5.41) is 2.97. The molecule has 0 aliphatic heterocycles. The van der Waals surface area contributed by atoms with Crippen molar-refractivity contribution in [1.82, 2.24) is 5.32 Å². The Labute approximate surface area is 112 Å². The fourth-order valence-electron chi connectivity index (χ4n) is 2.17. The van der Waals surface area contributed by atoms with Gasteiger partial charge in [0.15, 0.2) is 0 Å². The molecule has 0 saturated carbocycles. The Hall–Kier alpha value is -0.610. The van der Waals surface area contributed by atoms with Gasteiger partial charge < -0.3 is 15.8 Å². The van der Waals surface area contributed by atoms with Crippen molar-refractivity contribution in [3.63, 3.8) is 0 Å². The van der Waals surface area contributed by atoms with E-state index in [1.54, 1.807) is 7.11 Å². The second-order valence-corrected chi connectivity index (χ2v) is 5.64. The number of hydrogen-bond acceptors (Lipinski definition) is 3. The first kappa shape index (κ1) is 17.4. The number of rotatable bonds is 9. The molecule has 0 aromatic rings. The summed E-state index contributed by atoms with van der Waals surface area (Å²) in [5.74, 6) is 1.59. The van der Waals surface area contributed by atoms with Crippen LogP contribution in [0.2, 0.25) is 0 Å². The van der Waals surface area contributed by atoms with Gasteiger partial charge in [0.2, 0.25) is 5.91 Å². The summed E-state index contributed by atoms with van der Waals surface area (Å²) < 4.78 is 4.95. The predicted octanol–water partition coefficient (Wildman–Crippen LogP) is 1.78. The van der Waals surface area contributed by atoms with Gasteiger partial charge in [-0.05, 0) is 30.6 Å². The average Bonchev–Trinajstić information content (AvgIpc) is 2.28. The number of carbonyl (C=O) groups excluding carboxylic acids is 1. The molecule has 4 heteroatoms. The fraction of sp³-hybridized carbons (Fsp3) is 0.929. The van der Waals surface area contributed by atoms with Gasteiger partial charge >= 0.3 is 0 Å². The fourth-order valence-corrected chi connectivity index (χ4v) is 2.17. The third kappa shape index (κ3) is 6.97. The lowest BCUT2D eigenvalue weighted by molar-refractivity contribution is -0.122. The second-order valence-electron chi connectivity index (χ2n) is 5.64. The molecule has 0 radical (unpaired) electrons. The lowest BCUT2D eigenvalue weighted by Crippen LogP contribution is -2.43. The van der Waals surface area contributed by atoms with E-state index in [1.165, 1.54) is 0 Å². The van der Waals surface area contributed by atoms with Crippen LogP contribution in [-0.4, -0.2) is 32.2 Å². The highest BCUT2D eigenvalue weighted by Crippen LogP contribution is 2.19. The average molecular weight is 258 g/mol. The van der Waals surface area contributed by atoms with Crippen LogP contribution in [0, 0.1) is 17.8 Å². The van der Waals surface area contributed by atoms with Gasteiger partial charge in [0.05, 0.1) is 6.04 Å². The van der Waals surface area contributed by atoms with Crippen molar-refractivity contribution in [1.29, 1.82) is 0 Å². The maximum Gasteiger partial charge on any atom is 0.236 e. The van der Waals surface area contributed by atoms with E-state index in [9.17, 15) is 4.79 Å². The Kier molecular flexibility index (Phi) is 9.02. The molecule has 0 aliphatic rings. The van der Waals surface area contributed by atoms with E-state index in [2.05, 4.69) is 33.0 Å². The van der Waals surface area contributed by atoms with Gasteiger partial charge in [-0.15, -0.1) is 0 Å². The van der Waals surface area contributed by atoms with Crippen LogP contribution in [0.5, 0.6) is 0 Å². The third-order valence-corrected chi connectivity index (χ3v) is 3.42. The van der Waals surface area contributed by atoms with Gasteiger partial charge in [0, 0.05) is 20.3 Å². The molecular weight excluding hydrogens is 228 g/mol. The summed E-state index contributed by atoms with van der Waals surface area (Å²) in [6.45, 7) is 10.1. The maximum absolute atomic E-state index is 11.8. The van der Waals surface area contributed by atoms with E-state index in [1.807, 2.05) is 0 Å². The minimum atomic E-state index is -0.417. The van der Waals surface area contributed by atoms with Crippen LogP contribution in [0.3, 0.4) is 0 Å². The van der Waals surface area contributed by atoms with Crippen LogP contribution in [0.1, 0.15) is 40.5 Å². The van der Waals surface area contributed by atoms with Gasteiger partial charge in [-0.2, -0.15) is 0 Å². The van der Waals surface area contributed by atoms with Gasteiger partial charge in [0.1, 0.15) is 0 Å². The molecule has 3 N–H and O–H groups in total. The highest BCUT2D eigenvalue weighted by atomic mass is 16.5. The Morgan fingerprint density at radius 3 is 2.22 bits per heavy atom. The minimum Gasteiger partial charge on any atom is -0.385 e. The number of hydrogen-bond donors (Lipinski definition) is 2. The Morgan fingerprint density at radius 1 is 1.22 bits per heavy atom. The molecular formula is C14H30N2O2. The number of carbonyl (C=O) groups is 1. The Balaban J connectivity index is 3.99. The maximum atomic E-state index is 11.8. The molecule has 0 heterocycles. The first-order valence-electron chi connectivity index (χ1n) is 6.92. The van der Waals surface area contributed by atoms with E-state index in [-0.39, 0.29) is 5.91 Å². The lowest BCUT2D eigenvalue weighted by atomic mass is 9.85. The molecule has 0 aromatic heterocycles. The molecule has 4 nitrogen and oxygen atoms in total. The SMILES string of the molecule is COCCCC(N)C(=O)NCC(C(C)C)C(C)C. The molecule has 0 rings (SSSR count). The van der Waals surface area contributed by atoms with Gasteiger partial charge in [-0.25, -0.2) is 0 Å². The highest BCUT2D eigenvalue weighted by molar-refractivity contribution is 5.81. The molecule has 1 amide bonds. The van der Waals surface area contributed by atoms with Crippen molar-refractivity contribution < 1.29 is 9.53 Å². The van der Waals surface area contributed by atoms with Crippen LogP contribution < -0.4 is 11.1 Å². The van der Waals surface area contributed by atoms with E-state index in [0.717, 1.165) is 6.42 Å². The zero-order chi connectivity index (χ0) is 14.1. The zero-order valence-corrected chi connectivity index (χ0v) is 12.5. The largest absolute Gasteiger partial charge is 0.385 e. The molecule has 1 atom stereocenters. The van der Waals surface area contributed by atoms with Crippen molar-refractivity contribution >= 4 is 5.91 Å². The number of nitrogens with two attached hydrogens (primary N) is 1. The van der Waals surface area contributed by atoms with Gasteiger partial charge in [-0.3, -0.25) is 4.79 Å². The third-order valence-electron chi connectivity index (χ3n) is 3.42. The van der Waals surface area contributed by atoms with Crippen LogP contribution in [0.15, 0.2) is 0 Å². The normalized spacial score (nSPS) is 13.4. The topological polar surface area (TPSA) is 64.3 Å². The van der Waals surface area contributed by atoms with E-state index in [0.29, 0.717) is 37.3 Å². The number of methoxy groups -OCH3 is 1. The molecule has 1 unspecified atom stereocenters. The van der Waals surface area contributed by atoms with Crippen molar-refractivity contribution in [2.45, 2.75) is 46.6 Å². The minimum absolute atomic E-state index is 0.0441. The van der Waals surface area contributed by atoms with E-state index in [4.69, 9.17) is 10.5 Å². The van der Waals surface area contributed by atoms with Gasteiger partial charge in [-0.1, -0.05) is 27.7 Å². The predicted molar refractivity (Wildman–Crippen MR) is 75.3 cm³/mol. The Bertz CT molecular complexity index is 222. The van der Waals surface area contributed by atoms with E-state index < -0.39 is 6.04 Å². The molecule has 0 spiro atoms. The molecule has 0 fully saturated rings. The molecule has 0 aliphatic carbocycles. The standard InChI is InChI=1S/C14H30N2O2/c1-10(2)12(11(3)4)9-16-14(17)13(15)7-6-8-18-5/h10-13H,6-9,15H2,1-5H3,(H,16,17). The number of ether oxygens (including phenoxy) is 1. The Morgan fingerprint density at radius 2 is 1.78 bits per heavy atom. The lowest BCUT2D eigenvalue weighted by Gasteiger charge is -2.25. The molecule has 0 bridgehead atoms. The summed E-state index contributed by atoms with van der Waals surface area (Å²) in [4.78, 5) is 11.8. The first-order chi connectivity index (χ1) is 8.40. The van der Waals surface area contributed by atoms with Crippen molar-refractivity contribution in [3.05, 3.63) is 0 Å². The first-order valence-corrected chi connectivity index (χ1v) is 6.92. The number of amides is 1.